The van der Waals surface area contributed by atoms with Gasteiger partial charge in [-0.3, -0.25) is 14.8 Å². The van der Waals surface area contributed by atoms with Crippen molar-refractivity contribution < 1.29 is 4.74 Å². The summed E-state index contributed by atoms with van der Waals surface area (Å²) in [5.41, 5.74) is 1.32. The second kappa shape index (κ2) is 8.67. The van der Waals surface area contributed by atoms with Crippen molar-refractivity contribution in [3.8, 4) is 5.75 Å². The zero-order valence-corrected chi connectivity index (χ0v) is 15.0. The zero-order valence-electron chi connectivity index (χ0n) is 13.5. The molecule has 1 fully saturated rings. The number of hydrogen-bond acceptors (Lipinski definition) is 4. The highest BCUT2D eigenvalue weighted by Crippen LogP contribution is 2.27. The topological polar surface area (TPSA) is 28.6 Å². The lowest BCUT2D eigenvalue weighted by Gasteiger charge is -2.34. The molecule has 0 bridgehead atoms. The smallest absolute Gasteiger partial charge is 0.139 e. The van der Waals surface area contributed by atoms with E-state index in [1.165, 1.54) is 5.56 Å². The monoisotopic (exact) mass is 365 g/mol. The molecule has 0 N–H and O–H groups in total. The van der Waals surface area contributed by atoms with E-state index in [1.54, 1.807) is 18.2 Å². The lowest BCUT2D eigenvalue weighted by atomic mass is 10.2. The Hall–Kier alpha value is -1.33. The first kappa shape index (κ1) is 17.5. The molecule has 3 rings (SSSR count). The maximum absolute atomic E-state index is 6.11. The van der Waals surface area contributed by atoms with E-state index in [0.717, 1.165) is 39.3 Å². The van der Waals surface area contributed by atoms with Crippen molar-refractivity contribution in [3.63, 3.8) is 0 Å². The highest BCUT2D eigenvalue weighted by Gasteiger charge is 2.16. The van der Waals surface area contributed by atoms with Crippen molar-refractivity contribution >= 4 is 23.2 Å². The molecule has 1 aromatic carbocycles. The molecule has 0 radical (unpaired) electrons. The standard InChI is InChI=1S/C18H21Cl2N3O/c19-16-1-2-17(20)18(13-16)24-12-11-22-7-9-23(10-8-22)14-15-3-5-21-6-4-15/h1-6,13H,7-12,14H2. The largest absolute Gasteiger partial charge is 0.491 e. The fraction of sp³-hybridized carbons (Fsp3) is 0.389. The van der Waals surface area contributed by atoms with Crippen LogP contribution >= 0.6 is 23.2 Å². The van der Waals surface area contributed by atoms with Crippen LogP contribution in [0.3, 0.4) is 0 Å². The minimum absolute atomic E-state index is 0.599. The molecule has 0 saturated carbocycles. The molecule has 4 nitrogen and oxygen atoms in total. The van der Waals surface area contributed by atoms with Gasteiger partial charge in [-0.1, -0.05) is 23.2 Å². The molecule has 2 aromatic rings. The van der Waals surface area contributed by atoms with Crippen molar-refractivity contribution in [3.05, 3.63) is 58.3 Å². The lowest BCUT2D eigenvalue weighted by Crippen LogP contribution is -2.47. The summed E-state index contributed by atoms with van der Waals surface area (Å²) in [4.78, 5) is 8.95. The summed E-state index contributed by atoms with van der Waals surface area (Å²) >= 11 is 12.1. The lowest BCUT2D eigenvalue weighted by molar-refractivity contribution is 0.112. The van der Waals surface area contributed by atoms with Gasteiger partial charge in [0.05, 0.1) is 5.02 Å². The molecule has 128 valence electrons. The van der Waals surface area contributed by atoms with E-state index in [2.05, 4.69) is 26.9 Å². The highest BCUT2D eigenvalue weighted by atomic mass is 35.5. The molecule has 1 aromatic heterocycles. The van der Waals surface area contributed by atoms with Crippen LogP contribution < -0.4 is 4.74 Å². The molecular formula is C18H21Cl2N3O. The van der Waals surface area contributed by atoms with Gasteiger partial charge in [-0.05, 0) is 29.8 Å². The van der Waals surface area contributed by atoms with Crippen LogP contribution in [-0.4, -0.2) is 54.1 Å². The van der Waals surface area contributed by atoms with E-state index in [0.29, 0.717) is 22.4 Å². The molecule has 6 heteroatoms. The molecule has 0 unspecified atom stereocenters. The Labute approximate surface area is 152 Å². The predicted molar refractivity (Wildman–Crippen MR) is 97.9 cm³/mol. The quantitative estimate of drug-likeness (QED) is 0.781. The number of benzene rings is 1. The van der Waals surface area contributed by atoms with Gasteiger partial charge in [-0.2, -0.15) is 0 Å². The average Bonchev–Trinajstić information content (AvgIpc) is 2.60. The summed E-state index contributed by atoms with van der Waals surface area (Å²) in [6.07, 6.45) is 3.70. The number of halogens is 2. The molecule has 1 saturated heterocycles. The van der Waals surface area contributed by atoms with E-state index < -0.39 is 0 Å². The van der Waals surface area contributed by atoms with Gasteiger partial charge in [0.1, 0.15) is 12.4 Å². The van der Waals surface area contributed by atoms with Crippen LogP contribution in [0, 0.1) is 0 Å². The Balaban J connectivity index is 1.39. The van der Waals surface area contributed by atoms with Gasteiger partial charge in [-0.15, -0.1) is 0 Å². The fourth-order valence-electron chi connectivity index (χ4n) is 2.79. The van der Waals surface area contributed by atoms with Crippen molar-refractivity contribution in [2.45, 2.75) is 6.54 Å². The Morgan fingerprint density at radius 1 is 0.958 bits per heavy atom. The molecule has 0 atom stereocenters. The minimum atomic E-state index is 0.599. The van der Waals surface area contributed by atoms with Crippen molar-refractivity contribution in [2.75, 3.05) is 39.3 Å². The van der Waals surface area contributed by atoms with Crippen molar-refractivity contribution in [1.29, 1.82) is 0 Å². The number of ether oxygens (including phenoxy) is 1. The van der Waals surface area contributed by atoms with Gasteiger partial charge in [0.25, 0.3) is 0 Å². The maximum Gasteiger partial charge on any atom is 0.139 e. The van der Waals surface area contributed by atoms with Crippen molar-refractivity contribution in [2.24, 2.45) is 0 Å². The molecular weight excluding hydrogens is 345 g/mol. The van der Waals surface area contributed by atoms with Crippen molar-refractivity contribution in [1.82, 2.24) is 14.8 Å². The van der Waals surface area contributed by atoms with Crippen LogP contribution in [-0.2, 0) is 6.54 Å². The third-order valence-electron chi connectivity index (χ3n) is 4.18. The Bertz CT molecular complexity index is 646. The van der Waals surface area contributed by atoms with Gasteiger partial charge >= 0.3 is 0 Å². The molecule has 1 aliphatic heterocycles. The summed E-state index contributed by atoms with van der Waals surface area (Å²) < 4.78 is 5.76. The fourth-order valence-corrected chi connectivity index (χ4v) is 3.12. The van der Waals surface area contributed by atoms with Gasteiger partial charge in [0.15, 0.2) is 0 Å². The second-order valence-corrected chi connectivity index (χ2v) is 6.74. The third-order valence-corrected chi connectivity index (χ3v) is 4.73. The van der Waals surface area contributed by atoms with Gasteiger partial charge in [0, 0.05) is 62.8 Å². The maximum atomic E-state index is 6.11. The molecule has 0 aliphatic carbocycles. The Kier molecular flexibility index (Phi) is 6.32. The number of pyridine rings is 1. The minimum Gasteiger partial charge on any atom is -0.491 e. The average molecular weight is 366 g/mol. The van der Waals surface area contributed by atoms with Gasteiger partial charge < -0.3 is 4.74 Å². The summed E-state index contributed by atoms with van der Waals surface area (Å²) in [7, 11) is 0. The molecule has 2 heterocycles. The molecule has 0 spiro atoms. The number of hydrogen-bond donors (Lipinski definition) is 0. The van der Waals surface area contributed by atoms with E-state index in [1.807, 2.05) is 12.4 Å². The summed E-state index contributed by atoms with van der Waals surface area (Å²) in [5, 5.41) is 1.24. The van der Waals surface area contributed by atoms with Gasteiger partial charge in [-0.25, -0.2) is 0 Å². The first-order valence-corrected chi connectivity index (χ1v) is 8.88. The van der Waals surface area contributed by atoms with Gasteiger partial charge in [0.2, 0.25) is 0 Å². The highest BCUT2D eigenvalue weighted by molar-refractivity contribution is 6.34. The van der Waals surface area contributed by atoms with Crippen LogP contribution in [0.2, 0.25) is 10.0 Å². The first-order chi connectivity index (χ1) is 11.7. The second-order valence-electron chi connectivity index (χ2n) is 5.90. The number of rotatable bonds is 6. The molecule has 0 amide bonds. The Morgan fingerprint density at radius 2 is 1.67 bits per heavy atom. The summed E-state index contributed by atoms with van der Waals surface area (Å²) in [6, 6.07) is 9.44. The predicted octanol–water partition coefficient (Wildman–Crippen LogP) is 3.59. The normalized spacial score (nSPS) is 16.2. The molecule has 24 heavy (non-hydrogen) atoms. The number of piperazine rings is 1. The number of nitrogens with zero attached hydrogens (tertiary/aromatic N) is 3. The van der Waals surface area contributed by atoms with Crippen LogP contribution in [0.5, 0.6) is 5.75 Å². The van der Waals surface area contributed by atoms with Crippen LogP contribution in [0.15, 0.2) is 42.7 Å². The van der Waals surface area contributed by atoms with E-state index in [-0.39, 0.29) is 0 Å². The van der Waals surface area contributed by atoms with E-state index >= 15 is 0 Å². The summed E-state index contributed by atoms with van der Waals surface area (Å²) in [5.74, 6) is 0.653. The number of aromatic nitrogens is 1. The van der Waals surface area contributed by atoms with Crippen LogP contribution in [0.25, 0.3) is 0 Å². The Morgan fingerprint density at radius 3 is 2.42 bits per heavy atom. The van der Waals surface area contributed by atoms with Crippen LogP contribution in [0.4, 0.5) is 0 Å². The first-order valence-electron chi connectivity index (χ1n) is 8.12. The van der Waals surface area contributed by atoms with E-state index in [9.17, 15) is 0 Å². The SMILES string of the molecule is Clc1ccc(Cl)c(OCCN2CCN(Cc3ccncc3)CC2)c1. The van der Waals surface area contributed by atoms with Crippen LogP contribution in [0.1, 0.15) is 5.56 Å². The summed E-state index contributed by atoms with van der Waals surface area (Å²) in [6.45, 7) is 6.75. The zero-order chi connectivity index (χ0) is 16.8. The van der Waals surface area contributed by atoms with E-state index in [4.69, 9.17) is 27.9 Å². The molecule has 1 aliphatic rings. The third kappa shape index (κ3) is 5.08.